The van der Waals surface area contributed by atoms with Crippen molar-refractivity contribution >= 4 is 34.7 Å². The van der Waals surface area contributed by atoms with Gasteiger partial charge in [-0.2, -0.15) is 0 Å². The summed E-state index contributed by atoms with van der Waals surface area (Å²) in [6.07, 6.45) is 0. The third-order valence-corrected chi connectivity index (χ3v) is 5.83. The van der Waals surface area contributed by atoms with E-state index >= 15 is 0 Å². The summed E-state index contributed by atoms with van der Waals surface area (Å²) in [6, 6.07) is 20.2. The van der Waals surface area contributed by atoms with Crippen molar-refractivity contribution in [2.75, 3.05) is 12.0 Å². The zero-order valence-electron chi connectivity index (χ0n) is 17.0. The van der Waals surface area contributed by atoms with Crippen LogP contribution in [0, 0.1) is 6.92 Å². The number of nitrogens with zero attached hydrogens (tertiary/aromatic N) is 1. The predicted molar refractivity (Wildman–Crippen MR) is 120 cm³/mol. The van der Waals surface area contributed by atoms with E-state index in [0.29, 0.717) is 33.1 Å². The monoisotopic (exact) mass is 433 g/mol. The summed E-state index contributed by atoms with van der Waals surface area (Å²) in [4.78, 5) is 27.7. The molecule has 1 unspecified atom stereocenters. The number of ketones is 1. The van der Waals surface area contributed by atoms with E-state index in [1.54, 1.807) is 56.5 Å². The van der Waals surface area contributed by atoms with Gasteiger partial charge in [0, 0.05) is 16.3 Å². The number of benzene rings is 3. The summed E-state index contributed by atoms with van der Waals surface area (Å²) in [6.45, 7) is 1.79. The van der Waals surface area contributed by atoms with E-state index < -0.39 is 17.7 Å². The third-order valence-electron chi connectivity index (χ3n) is 5.42. The van der Waals surface area contributed by atoms with Gasteiger partial charge in [-0.1, -0.05) is 48.0 Å². The van der Waals surface area contributed by atoms with Crippen LogP contribution in [0.3, 0.4) is 0 Å². The number of aliphatic hydroxyl groups is 1. The minimum Gasteiger partial charge on any atom is -0.507 e. The Morgan fingerprint density at radius 1 is 0.968 bits per heavy atom. The lowest BCUT2D eigenvalue weighted by Crippen LogP contribution is -2.30. The molecule has 0 aliphatic carbocycles. The fourth-order valence-corrected chi connectivity index (χ4v) is 3.96. The number of hydrogen-bond acceptors (Lipinski definition) is 4. The lowest BCUT2D eigenvalue weighted by Gasteiger charge is -2.27. The Labute approximate surface area is 185 Å². The molecule has 1 aliphatic rings. The highest BCUT2D eigenvalue weighted by Gasteiger charge is 2.47. The van der Waals surface area contributed by atoms with E-state index in [-0.39, 0.29) is 11.3 Å². The number of ether oxygens (including phenoxy) is 1. The SMILES string of the molecule is COc1ccc(/C(O)=C2\C(=O)C(=O)N(c3cccc(Cl)c3C)C2c2ccccc2)cc1. The highest BCUT2D eigenvalue weighted by Crippen LogP contribution is 2.43. The molecule has 0 saturated carbocycles. The molecule has 6 heteroatoms. The number of Topliss-reactive ketones (excluding diaryl/α,β-unsaturated/α-hetero) is 1. The van der Waals surface area contributed by atoms with Gasteiger partial charge in [0.2, 0.25) is 0 Å². The van der Waals surface area contributed by atoms with Gasteiger partial charge in [-0.3, -0.25) is 14.5 Å². The number of anilines is 1. The molecular formula is C25H20ClNO4. The Morgan fingerprint density at radius 2 is 1.65 bits per heavy atom. The zero-order valence-corrected chi connectivity index (χ0v) is 17.8. The summed E-state index contributed by atoms with van der Waals surface area (Å²) < 4.78 is 5.16. The molecule has 1 fully saturated rings. The molecule has 3 aromatic carbocycles. The first-order valence-electron chi connectivity index (χ1n) is 9.69. The maximum Gasteiger partial charge on any atom is 0.300 e. The molecule has 156 valence electrons. The number of halogens is 1. The van der Waals surface area contributed by atoms with E-state index in [4.69, 9.17) is 16.3 Å². The molecule has 0 radical (unpaired) electrons. The predicted octanol–water partition coefficient (Wildman–Crippen LogP) is 5.28. The maximum absolute atomic E-state index is 13.2. The van der Waals surface area contributed by atoms with Crippen LogP contribution in [-0.2, 0) is 9.59 Å². The number of carbonyl (C=O) groups excluding carboxylic acids is 2. The van der Waals surface area contributed by atoms with Gasteiger partial charge >= 0.3 is 0 Å². The smallest absolute Gasteiger partial charge is 0.300 e. The molecule has 0 bridgehead atoms. The first-order valence-corrected chi connectivity index (χ1v) is 10.1. The summed E-state index contributed by atoms with van der Waals surface area (Å²) in [5.74, 6) is -1.08. The second kappa shape index (κ2) is 8.28. The minimum atomic E-state index is -0.791. The molecule has 4 rings (SSSR count). The summed E-state index contributed by atoms with van der Waals surface area (Å²) in [5, 5.41) is 11.6. The molecule has 31 heavy (non-hydrogen) atoms. The Balaban J connectivity index is 1.95. The fourth-order valence-electron chi connectivity index (χ4n) is 3.79. The second-order valence-corrected chi connectivity index (χ2v) is 7.60. The number of carbonyl (C=O) groups is 2. The molecule has 0 aromatic heterocycles. The van der Waals surface area contributed by atoms with E-state index in [1.807, 2.05) is 30.3 Å². The average molecular weight is 434 g/mol. The third kappa shape index (κ3) is 3.57. The molecule has 5 nitrogen and oxygen atoms in total. The van der Waals surface area contributed by atoms with Crippen molar-refractivity contribution in [2.24, 2.45) is 0 Å². The van der Waals surface area contributed by atoms with Crippen LogP contribution in [0.25, 0.3) is 5.76 Å². The summed E-state index contributed by atoms with van der Waals surface area (Å²) in [5.41, 5.74) is 2.35. The minimum absolute atomic E-state index is 0.0285. The number of methoxy groups -OCH3 is 1. The van der Waals surface area contributed by atoms with Gasteiger partial charge in [0.15, 0.2) is 0 Å². The van der Waals surface area contributed by atoms with Crippen LogP contribution in [-0.4, -0.2) is 23.9 Å². The molecule has 1 saturated heterocycles. The normalized spacial score (nSPS) is 17.8. The Bertz CT molecular complexity index is 1190. The molecule has 1 aliphatic heterocycles. The van der Waals surface area contributed by atoms with Gasteiger partial charge in [-0.15, -0.1) is 0 Å². The standard InChI is InChI=1S/C25H20ClNO4/c1-15-19(26)9-6-10-20(15)27-22(16-7-4-3-5-8-16)21(24(29)25(27)30)23(28)17-11-13-18(31-2)14-12-17/h3-14,22,28H,1-2H3/b23-21+. The van der Waals surface area contributed by atoms with Crippen LogP contribution in [0.4, 0.5) is 5.69 Å². The average Bonchev–Trinajstić information content (AvgIpc) is 3.06. The quantitative estimate of drug-likeness (QED) is 0.345. The van der Waals surface area contributed by atoms with Crippen molar-refractivity contribution in [3.05, 3.63) is 100 Å². The Hall–Kier alpha value is -3.57. The van der Waals surface area contributed by atoms with E-state index in [9.17, 15) is 14.7 Å². The second-order valence-electron chi connectivity index (χ2n) is 7.19. The van der Waals surface area contributed by atoms with Crippen molar-refractivity contribution < 1.29 is 19.4 Å². The van der Waals surface area contributed by atoms with Crippen LogP contribution in [0.2, 0.25) is 5.02 Å². The largest absolute Gasteiger partial charge is 0.507 e. The van der Waals surface area contributed by atoms with E-state index in [2.05, 4.69) is 0 Å². The van der Waals surface area contributed by atoms with Gasteiger partial charge < -0.3 is 9.84 Å². The molecule has 3 aromatic rings. The first kappa shape index (κ1) is 20.7. The number of aliphatic hydroxyl groups excluding tert-OH is 1. The van der Waals surface area contributed by atoms with Gasteiger partial charge in [0.05, 0.1) is 18.7 Å². The topological polar surface area (TPSA) is 66.8 Å². The number of hydrogen-bond donors (Lipinski definition) is 1. The molecular weight excluding hydrogens is 414 g/mol. The number of amides is 1. The van der Waals surface area contributed by atoms with Crippen molar-refractivity contribution in [3.63, 3.8) is 0 Å². The molecule has 1 N–H and O–H groups in total. The lowest BCUT2D eigenvalue weighted by molar-refractivity contribution is -0.132. The first-order chi connectivity index (χ1) is 14.9. The van der Waals surface area contributed by atoms with Crippen molar-refractivity contribution in [2.45, 2.75) is 13.0 Å². The summed E-state index contributed by atoms with van der Waals surface area (Å²) >= 11 is 6.30. The van der Waals surface area contributed by atoms with Gasteiger partial charge in [0.1, 0.15) is 11.5 Å². The van der Waals surface area contributed by atoms with Gasteiger partial charge in [0.25, 0.3) is 11.7 Å². The molecule has 1 atom stereocenters. The zero-order chi connectivity index (χ0) is 22.1. The van der Waals surface area contributed by atoms with Crippen LogP contribution >= 0.6 is 11.6 Å². The van der Waals surface area contributed by atoms with Crippen molar-refractivity contribution in [1.82, 2.24) is 0 Å². The Morgan fingerprint density at radius 3 is 2.29 bits per heavy atom. The highest BCUT2D eigenvalue weighted by molar-refractivity contribution is 6.52. The van der Waals surface area contributed by atoms with E-state index in [1.165, 1.54) is 4.90 Å². The number of rotatable bonds is 4. The van der Waals surface area contributed by atoms with Crippen molar-refractivity contribution in [1.29, 1.82) is 0 Å². The van der Waals surface area contributed by atoms with Gasteiger partial charge in [-0.05, 0) is 54.4 Å². The lowest BCUT2D eigenvalue weighted by atomic mass is 9.95. The fraction of sp³-hybridized carbons (Fsp3) is 0.120. The van der Waals surface area contributed by atoms with Crippen molar-refractivity contribution in [3.8, 4) is 5.75 Å². The van der Waals surface area contributed by atoms with Gasteiger partial charge in [-0.25, -0.2) is 0 Å². The van der Waals surface area contributed by atoms with E-state index in [0.717, 1.165) is 0 Å². The molecule has 1 heterocycles. The van der Waals surface area contributed by atoms with Crippen LogP contribution in [0.15, 0.2) is 78.4 Å². The molecule has 0 spiro atoms. The molecule has 1 amide bonds. The van der Waals surface area contributed by atoms with Crippen LogP contribution in [0.5, 0.6) is 5.75 Å². The van der Waals surface area contributed by atoms with Crippen LogP contribution < -0.4 is 9.64 Å². The van der Waals surface area contributed by atoms with Crippen LogP contribution in [0.1, 0.15) is 22.7 Å². The Kier molecular flexibility index (Phi) is 5.53. The maximum atomic E-state index is 13.2. The summed E-state index contributed by atoms with van der Waals surface area (Å²) in [7, 11) is 1.54. The highest BCUT2D eigenvalue weighted by atomic mass is 35.5.